The van der Waals surface area contributed by atoms with Crippen LogP contribution in [-0.2, 0) is 16.9 Å². The molecule has 1 aliphatic carbocycles. The van der Waals surface area contributed by atoms with Crippen molar-refractivity contribution in [2.75, 3.05) is 6.61 Å². The summed E-state index contributed by atoms with van der Waals surface area (Å²) >= 11 is 0. The molecule has 4 nitrogen and oxygen atoms in total. The third-order valence-corrected chi connectivity index (χ3v) is 4.11. The minimum atomic E-state index is -0.268. The predicted molar refractivity (Wildman–Crippen MR) is 75.8 cm³/mol. The largest absolute Gasteiger partial charge is 0.367 e. The minimum absolute atomic E-state index is 0.268. The van der Waals surface area contributed by atoms with Crippen LogP contribution < -0.4 is 5.73 Å². The second-order valence-corrected chi connectivity index (χ2v) is 5.39. The van der Waals surface area contributed by atoms with Gasteiger partial charge in [0.25, 0.3) is 0 Å². The van der Waals surface area contributed by atoms with Crippen LogP contribution in [0.4, 0.5) is 0 Å². The van der Waals surface area contributed by atoms with Crippen molar-refractivity contribution in [3.63, 3.8) is 0 Å². The SMILES string of the molecule is CCOC1(c2nc(C)c(CN)c(C)n2)CCCCC1. The van der Waals surface area contributed by atoms with E-state index in [1.807, 2.05) is 20.8 Å². The van der Waals surface area contributed by atoms with Crippen LogP contribution in [0.5, 0.6) is 0 Å². The number of nitrogens with two attached hydrogens (primary N) is 1. The Kier molecular flexibility index (Phi) is 4.53. The van der Waals surface area contributed by atoms with Gasteiger partial charge in [0.05, 0.1) is 0 Å². The zero-order chi connectivity index (χ0) is 13.9. The molecule has 1 heterocycles. The highest BCUT2D eigenvalue weighted by Crippen LogP contribution is 2.39. The summed E-state index contributed by atoms with van der Waals surface area (Å²) in [4.78, 5) is 9.41. The van der Waals surface area contributed by atoms with E-state index < -0.39 is 0 Å². The van der Waals surface area contributed by atoms with E-state index in [0.29, 0.717) is 13.2 Å². The molecule has 19 heavy (non-hydrogen) atoms. The van der Waals surface area contributed by atoms with E-state index >= 15 is 0 Å². The van der Waals surface area contributed by atoms with Gasteiger partial charge in [-0.2, -0.15) is 0 Å². The van der Waals surface area contributed by atoms with Gasteiger partial charge < -0.3 is 10.5 Å². The molecule has 1 aromatic heterocycles. The van der Waals surface area contributed by atoms with Crippen molar-refractivity contribution in [1.29, 1.82) is 0 Å². The van der Waals surface area contributed by atoms with Crippen LogP contribution in [0.1, 0.15) is 61.8 Å². The lowest BCUT2D eigenvalue weighted by molar-refractivity contribution is -0.0769. The van der Waals surface area contributed by atoms with Crippen molar-refractivity contribution < 1.29 is 4.74 Å². The van der Waals surface area contributed by atoms with Crippen molar-refractivity contribution in [1.82, 2.24) is 9.97 Å². The maximum atomic E-state index is 6.08. The minimum Gasteiger partial charge on any atom is -0.367 e. The fraction of sp³-hybridized carbons (Fsp3) is 0.733. The standard InChI is InChI=1S/C15H25N3O/c1-4-19-15(8-6-5-7-9-15)14-17-11(2)13(10-16)12(3)18-14/h4-10,16H2,1-3H3. The maximum Gasteiger partial charge on any atom is 0.160 e. The lowest BCUT2D eigenvalue weighted by Crippen LogP contribution is -2.35. The zero-order valence-electron chi connectivity index (χ0n) is 12.3. The van der Waals surface area contributed by atoms with Crippen molar-refractivity contribution in [3.05, 3.63) is 22.8 Å². The zero-order valence-corrected chi connectivity index (χ0v) is 12.3. The van der Waals surface area contributed by atoms with Crippen LogP contribution in [0.2, 0.25) is 0 Å². The molecule has 0 aromatic carbocycles. The molecule has 0 amide bonds. The number of aromatic nitrogens is 2. The summed E-state index contributed by atoms with van der Waals surface area (Å²) in [5.74, 6) is 0.862. The number of nitrogens with zero attached hydrogens (tertiary/aromatic N) is 2. The maximum absolute atomic E-state index is 6.08. The van der Waals surface area contributed by atoms with Crippen molar-refractivity contribution in [2.45, 2.75) is 65.0 Å². The van der Waals surface area contributed by atoms with Crippen LogP contribution in [0.3, 0.4) is 0 Å². The highest BCUT2D eigenvalue weighted by molar-refractivity contribution is 5.25. The monoisotopic (exact) mass is 263 g/mol. The summed E-state index contributed by atoms with van der Waals surface area (Å²) in [5, 5.41) is 0. The van der Waals surface area contributed by atoms with Crippen LogP contribution in [0.15, 0.2) is 0 Å². The smallest absolute Gasteiger partial charge is 0.160 e. The molecule has 2 rings (SSSR count). The van der Waals surface area contributed by atoms with Gasteiger partial charge in [-0.05, 0) is 33.6 Å². The molecule has 2 N–H and O–H groups in total. The summed E-state index contributed by atoms with van der Waals surface area (Å²) in [7, 11) is 0. The fourth-order valence-corrected chi connectivity index (χ4v) is 3.07. The predicted octanol–water partition coefficient (Wildman–Crippen LogP) is 2.75. The average Bonchev–Trinajstić information content (AvgIpc) is 2.40. The normalized spacial score (nSPS) is 18.5. The Balaban J connectivity index is 2.42. The van der Waals surface area contributed by atoms with Gasteiger partial charge in [-0.3, -0.25) is 0 Å². The number of ether oxygens (including phenoxy) is 1. The summed E-state index contributed by atoms with van der Waals surface area (Å²) < 4.78 is 6.08. The molecule has 4 heteroatoms. The third-order valence-electron chi connectivity index (χ3n) is 4.11. The number of rotatable bonds is 4. The Hall–Kier alpha value is -1.00. The Morgan fingerprint density at radius 3 is 2.16 bits per heavy atom. The summed E-state index contributed by atoms with van der Waals surface area (Å²) in [6.45, 7) is 7.29. The summed E-state index contributed by atoms with van der Waals surface area (Å²) in [6, 6.07) is 0. The Labute approximate surface area is 115 Å². The van der Waals surface area contributed by atoms with E-state index in [2.05, 4.69) is 0 Å². The molecule has 0 bridgehead atoms. The fourth-order valence-electron chi connectivity index (χ4n) is 3.07. The molecule has 0 saturated heterocycles. The molecule has 1 aliphatic rings. The second kappa shape index (κ2) is 5.97. The molecule has 0 aliphatic heterocycles. The molecule has 1 saturated carbocycles. The van der Waals surface area contributed by atoms with E-state index in [1.165, 1.54) is 19.3 Å². The van der Waals surface area contributed by atoms with E-state index in [0.717, 1.165) is 35.6 Å². The number of hydrogen-bond acceptors (Lipinski definition) is 4. The third kappa shape index (κ3) is 2.79. The van der Waals surface area contributed by atoms with Gasteiger partial charge >= 0.3 is 0 Å². The molecule has 1 aromatic rings. The molecule has 0 atom stereocenters. The first-order valence-electron chi connectivity index (χ1n) is 7.31. The highest BCUT2D eigenvalue weighted by Gasteiger charge is 2.37. The van der Waals surface area contributed by atoms with Gasteiger partial charge in [-0.15, -0.1) is 0 Å². The van der Waals surface area contributed by atoms with Gasteiger partial charge in [-0.25, -0.2) is 9.97 Å². The van der Waals surface area contributed by atoms with Gasteiger partial charge in [0.1, 0.15) is 5.60 Å². The summed E-state index contributed by atoms with van der Waals surface area (Å²) in [5.41, 5.74) is 8.54. The van der Waals surface area contributed by atoms with Crippen LogP contribution >= 0.6 is 0 Å². The number of hydrogen-bond donors (Lipinski definition) is 1. The molecule has 0 radical (unpaired) electrons. The van der Waals surface area contributed by atoms with Gasteiger partial charge in [-0.1, -0.05) is 19.3 Å². The Morgan fingerprint density at radius 1 is 1.11 bits per heavy atom. The average molecular weight is 263 g/mol. The molecule has 1 fully saturated rings. The van der Waals surface area contributed by atoms with Gasteiger partial charge in [0.2, 0.25) is 0 Å². The van der Waals surface area contributed by atoms with E-state index in [-0.39, 0.29) is 5.60 Å². The van der Waals surface area contributed by atoms with Crippen molar-refractivity contribution in [2.24, 2.45) is 5.73 Å². The lowest BCUT2D eigenvalue weighted by atomic mass is 9.83. The van der Waals surface area contributed by atoms with Gasteiger partial charge in [0, 0.05) is 30.1 Å². The van der Waals surface area contributed by atoms with Gasteiger partial charge in [0.15, 0.2) is 5.82 Å². The lowest BCUT2D eigenvalue weighted by Gasteiger charge is -2.36. The first-order chi connectivity index (χ1) is 9.13. The Bertz CT molecular complexity index is 411. The second-order valence-electron chi connectivity index (χ2n) is 5.39. The van der Waals surface area contributed by atoms with Crippen LogP contribution in [-0.4, -0.2) is 16.6 Å². The molecule has 0 unspecified atom stereocenters. The molecular weight excluding hydrogens is 238 g/mol. The molecule has 106 valence electrons. The first-order valence-corrected chi connectivity index (χ1v) is 7.31. The van der Waals surface area contributed by atoms with E-state index in [1.54, 1.807) is 0 Å². The van der Waals surface area contributed by atoms with Crippen LogP contribution in [0, 0.1) is 13.8 Å². The Morgan fingerprint density at radius 2 is 1.68 bits per heavy atom. The summed E-state index contributed by atoms with van der Waals surface area (Å²) in [6.07, 6.45) is 5.73. The highest BCUT2D eigenvalue weighted by atomic mass is 16.5. The quantitative estimate of drug-likeness (QED) is 0.907. The number of aryl methyl sites for hydroxylation is 2. The van der Waals surface area contributed by atoms with Crippen molar-refractivity contribution >= 4 is 0 Å². The van der Waals surface area contributed by atoms with E-state index in [4.69, 9.17) is 20.4 Å². The molecular formula is C15H25N3O. The van der Waals surface area contributed by atoms with Crippen molar-refractivity contribution in [3.8, 4) is 0 Å². The topological polar surface area (TPSA) is 61.0 Å². The van der Waals surface area contributed by atoms with E-state index in [9.17, 15) is 0 Å². The first kappa shape index (κ1) is 14.4. The molecule has 0 spiro atoms. The van der Waals surface area contributed by atoms with Crippen LogP contribution in [0.25, 0.3) is 0 Å².